The first-order chi connectivity index (χ1) is 15.6. The molecule has 0 amide bonds. The molecule has 3 N–H and O–H groups in total. The quantitative estimate of drug-likeness (QED) is 0.325. The van der Waals surface area contributed by atoms with E-state index < -0.39 is 41.9 Å². The van der Waals surface area contributed by atoms with Gasteiger partial charge in [0, 0.05) is 19.8 Å². The molecule has 10 heteroatoms. The Labute approximate surface area is 190 Å². The summed E-state index contributed by atoms with van der Waals surface area (Å²) in [5, 5.41) is 9.51. The zero-order chi connectivity index (χ0) is 24.5. The molecule has 0 spiro atoms. The molecule has 0 bridgehead atoms. The van der Waals surface area contributed by atoms with Gasteiger partial charge in [-0.05, 0) is 35.7 Å². The standard InChI is InChI=1S/C23H25NO9/c1-13(12-30-23(29)33-17-7-5-4-6-8-17)20(21(24)22(27)28)16-9-10-18(31-14(2)25)19(11-16)32-15(3)26/h4-11,13,20-21H,12,24H2,1-3H3,(H,27,28)/t13?,20?,21-/m0/s1. The van der Waals surface area contributed by atoms with Gasteiger partial charge in [-0.25, -0.2) is 4.79 Å². The van der Waals surface area contributed by atoms with Gasteiger partial charge in [0.25, 0.3) is 0 Å². The van der Waals surface area contributed by atoms with Crippen LogP contribution in [0.25, 0.3) is 0 Å². The van der Waals surface area contributed by atoms with Crippen molar-refractivity contribution in [1.29, 1.82) is 0 Å². The zero-order valence-corrected chi connectivity index (χ0v) is 18.3. The molecule has 0 fully saturated rings. The maximum absolute atomic E-state index is 12.0. The fourth-order valence-corrected chi connectivity index (χ4v) is 3.17. The van der Waals surface area contributed by atoms with E-state index in [0.29, 0.717) is 11.3 Å². The molecular weight excluding hydrogens is 434 g/mol. The number of nitrogens with two attached hydrogens (primary N) is 1. The number of carbonyl (C=O) groups excluding carboxylic acids is 3. The number of hydrogen-bond donors (Lipinski definition) is 2. The van der Waals surface area contributed by atoms with E-state index in [1.54, 1.807) is 37.3 Å². The van der Waals surface area contributed by atoms with Crippen LogP contribution in [0.4, 0.5) is 4.79 Å². The van der Waals surface area contributed by atoms with Crippen LogP contribution in [0.15, 0.2) is 48.5 Å². The van der Waals surface area contributed by atoms with Crippen LogP contribution < -0.4 is 19.9 Å². The first-order valence-electron chi connectivity index (χ1n) is 9.97. The van der Waals surface area contributed by atoms with Gasteiger partial charge < -0.3 is 29.8 Å². The molecular formula is C23H25NO9. The SMILES string of the molecule is CC(=O)Oc1ccc(C(C(C)COC(=O)Oc2ccccc2)[C@H](N)C(=O)O)cc1OC(C)=O. The van der Waals surface area contributed by atoms with Crippen LogP contribution in [-0.2, 0) is 19.1 Å². The van der Waals surface area contributed by atoms with Crippen molar-refractivity contribution in [3.63, 3.8) is 0 Å². The molecule has 3 atom stereocenters. The Morgan fingerprint density at radius 2 is 1.52 bits per heavy atom. The Morgan fingerprint density at radius 1 is 0.909 bits per heavy atom. The van der Waals surface area contributed by atoms with E-state index in [1.807, 2.05) is 0 Å². The lowest BCUT2D eigenvalue weighted by Crippen LogP contribution is -2.40. The van der Waals surface area contributed by atoms with Gasteiger partial charge in [-0.2, -0.15) is 0 Å². The number of rotatable bonds is 9. The Hall–Kier alpha value is -3.92. The van der Waals surface area contributed by atoms with Crippen LogP contribution in [0.2, 0.25) is 0 Å². The maximum atomic E-state index is 12.0. The summed E-state index contributed by atoms with van der Waals surface area (Å²) >= 11 is 0. The molecule has 0 saturated heterocycles. The highest BCUT2D eigenvalue weighted by molar-refractivity contribution is 5.76. The lowest BCUT2D eigenvalue weighted by Gasteiger charge is -2.27. The summed E-state index contributed by atoms with van der Waals surface area (Å²) in [6.07, 6.45) is -0.957. The van der Waals surface area contributed by atoms with Gasteiger partial charge in [0.05, 0.1) is 6.61 Å². The normalized spacial score (nSPS) is 13.2. The van der Waals surface area contributed by atoms with Crippen molar-refractivity contribution >= 4 is 24.1 Å². The number of carboxylic acids is 1. The lowest BCUT2D eigenvalue weighted by atomic mass is 9.82. The highest BCUT2D eigenvalue weighted by atomic mass is 16.7. The fourth-order valence-electron chi connectivity index (χ4n) is 3.17. The molecule has 2 aromatic rings. The average Bonchev–Trinajstić information content (AvgIpc) is 2.74. The smallest absolute Gasteiger partial charge is 0.480 e. The second-order valence-electron chi connectivity index (χ2n) is 7.24. The number of aliphatic carboxylic acids is 1. The molecule has 2 rings (SSSR count). The predicted octanol–water partition coefficient (Wildman–Crippen LogP) is 2.88. The fraction of sp³-hybridized carbons (Fsp3) is 0.304. The summed E-state index contributed by atoms with van der Waals surface area (Å²) in [4.78, 5) is 46.5. The van der Waals surface area contributed by atoms with E-state index >= 15 is 0 Å². The van der Waals surface area contributed by atoms with E-state index in [1.165, 1.54) is 32.0 Å². The number of esters is 2. The minimum atomic E-state index is -1.38. The third-order valence-corrected chi connectivity index (χ3v) is 4.55. The van der Waals surface area contributed by atoms with Crippen LogP contribution in [0.1, 0.15) is 32.3 Å². The van der Waals surface area contributed by atoms with Gasteiger partial charge in [-0.1, -0.05) is 31.2 Å². The number of carboxylic acid groups (broad SMARTS) is 1. The van der Waals surface area contributed by atoms with Crippen LogP contribution in [0, 0.1) is 5.92 Å². The topological polar surface area (TPSA) is 151 Å². The first-order valence-corrected chi connectivity index (χ1v) is 9.97. The highest BCUT2D eigenvalue weighted by Gasteiger charge is 2.32. The van der Waals surface area contributed by atoms with Gasteiger partial charge in [0.2, 0.25) is 0 Å². The molecule has 0 radical (unpaired) electrons. The molecule has 176 valence electrons. The molecule has 0 saturated carbocycles. The molecule has 2 unspecified atom stereocenters. The van der Waals surface area contributed by atoms with E-state index in [-0.39, 0.29) is 18.1 Å². The molecule has 0 heterocycles. The molecule has 10 nitrogen and oxygen atoms in total. The molecule has 0 aliphatic heterocycles. The minimum absolute atomic E-state index is 0.0144. The molecule has 0 aromatic heterocycles. The van der Waals surface area contributed by atoms with Crippen molar-refractivity contribution in [3.8, 4) is 17.2 Å². The average molecular weight is 459 g/mol. The summed E-state index contributed by atoms with van der Waals surface area (Å²) in [6, 6.07) is 11.1. The monoisotopic (exact) mass is 459 g/mol. The Balaban J connectivity index is 2.25. The van der Waals surface area contributed by atoms with E-state index in [9.17, 15) is 24.3 Å². The second kappa shape index (κ2) is 11.6. The van der Waals surface area contributed by atoms with Crippen molar-refractivity contribution in [2.45, 2.75) is 32.7 Å². The van der Waals surface area contributed by atoms with Crippen molar-refractivity contribution in [2.75, 3.05) is 6.61 Å². The minimum Gasteiger partial charge on any atom is -0.480 e. The van der Waals surface area contributed by atoms with Crippen molar-refractivity contribution in [1.82, 2.24) is 0 Å². The van der Waals surface area contributed by atoms with Gasteiger partial charge in [0.1, 0.15) is 11.8 Å². The van der Waals surface area contributed by atoms with Gasteiger partial charge >= 0.3 is 24.1 Å². The molecule has 0 aliphatic carbocycles. The van der Waals surface area contributed by atoms with Gasteiger partial charge in [-0.15, -0.1) is 0 Å². The number of carbonyl (C=O) groups is 4. The summed E-state index contributed by atoms with van der Waals surface area (Å²) in [5.41, 5.74) is 6.31. The van der Waals surface area contributed by atoms with Gasteiger partial charge in [0.15, 0.2) is 11.5 Å². The third-order valence-electron chi connectivity index (χ3n) is 4.55. The van der Waals surface area contributed by atoms with Crippen molar-refractivity contribution in [2.24, 2.45) is 11.7 Å². The Morgan fingerprint density at radius 3 is 2.09 bits per heavy atom. The molecule has 2 aromatic carbocycles. The summed E-state index contributed by atoms with van der Waals surface area (Å²) in [5.74, 6) is -3.81. The van der Waals surface area contributed by atoms with E-state index in [2.05, 4.69) is 0 Å². The van der Waals surface area contributed by atoms with E-state index in [0.717, 1.165) is 0 Å². The number of hydrogen-bond acceptors (Lipinski definition) is 9. The van der Waals surface area contributed by atoms with Crippen molar-refractivity contribution in [3.05, 3.63) is 54.1 Å². The third kappa shape index (κ3) is 7.62. The summed E-state index contributed by atoms with van der Waals surface area (Å²) in [6.45, 7) is 3.79. The Bertz CT molecular complexity index is 1010. The lowest BCUT2D eigenvalue weighted by molar-refractivity contribution is -0.139. The number of benzene rings is 2. The van der Waals surface area contributed by atoms with Crippen LogP contribution >= 0.6 is 0 Å². The van der Waals surface area contributed by atoms with Crippen LogP contribution in [0.5, 0.6) is 17.2 Å². The largest absolute Gasteiger partial charge is 0.513 e. The van der Waals surface area contributed by atoms with Crippen LogP contribution in [0.3, 0.4) is 0 Å². The highest BCUT2D eigenvalue weighted by Crippen LogP contribution is 2.35. The number of ether oxygens (including phenoxy) is 4. The second-order valence-corrected chi connectivity index (χ2v) is 7.24. The van der Waals surface area contributed by atoms with Crippen LogP contribution in [-0.4, -0.2) is 41.8 Å². The maximum Gasteiger partial charge on any atom is 0.513 e. The molecule has 33 heavy (non-hydrogen) atoms. The molecule has 0 aliphatic rings. The summed E-state index contributed by atoms with van der Waals surface area (Å²) < 4.78 is 20.4. The predicted molar refractivity (Wildman–Crippen MR) is 115 cm³/mol. The van der Waals surface area contributed by atoms with E-state index in [4.69, 9.17) is 24.7 Å². The zero-order valence-electron chi connectivity index (χ0n) is 18.3. The van der Waals surface area contributed by atoms with Crippen molar-refractivity contribution < 1.29 is 43.2 Å². The van der Waals surface area contributed by atoms with Gasteiger partial charge in [-0.3, -0.25) is 14.4 Å². The Kier molecular flexibility index (Phi) is 8.93. The summed E-state index contributed by atoms with van der Waals surface area (Å²) in [7, 11) is 0. The number of para-hydroxylation sites is 1. The first kappa shape index (κ1) is 25.3.